The third-order valence-corrected chi connectivity index (χ3v) is 5.23. The van der Waals surface area contributed by atoms with Crippen molar-refractivity contribution in [3.8, 4) is 11.1 Å². The van der Waals surface area contributed by atoms with Crippen molar-refractivity contribution in [1.82, 2.24) is 19.9 Å². The zero-order chi connectivity index (χ0) is 20.4. The zero-order valence-corrected chi connectivity index (χ0v) is 16.3. The Balaban J connectivity index is 1.46. The van der Waals surface area contributed by atoms with Gasteiger partial charge in [-0.2, -0.15) is 4.98 Å². The van der Waals surface area contributed by atoms with Crippen LogP contribution in [-0.4, -0.2) is 33.6 Å². The maximum absolute atomic E-state index is 12.5. The van der Waals surface area contributed by atoms with Gasteiger partial charge >= 0.3 is 5.97 Å². The van der Waals surface area contributed by atoms with Crippen LogP contribution in [0.15, 0.2) is 54.0 Å². The smallest absolute Gasteiger partial charge is 0.337 e. The number of nitrogen functional groups attached to an aromatic ring is 1. The molecule has 3 heterocycles. The molecular weight excluding hydrogens is 390 g/mol. The average Bonchev–Trinajstić information content (AvgIpc) is 3.37. The van der Waals surface area contributed by atoms with Gasteiger partial charge in [0.15, 0.2) is 5.65 Å². The first-order chi connectivity index (χ1) is 14.0. The van der Waals surface area contributed by atoms with Gasteiger partial charge in [-0.15, -0.1) is 16.4 Å². The van der Waals surface area contributed by atoms with Crippen LogP contribution in [0.4, 0.5) is 5.95 Å². The van der Waals surface area contributed by atoms with Crippen LogP contribution in [0.1, 0.15) is 25.6 Å². The van der Waals surface area contributed by atoms with Crippen molar-refractivity contribution in [2.45, 2.75) is 6.54 Å². The minimum atomic E-state index is -0.410. The summed E-state index contributed by atoms with van der Waals surface area (Å²) >= 11 is 1.35. The van der Waals surface area contributed by atoms with Gasteiger partial charge in [-0.25, -0.2) is 9.31 Å². The van der Waals surface area contributed by atoms with Crippen molar-refractivity contribution in [2.24, 2.45) is 0 Å². The summed E-state index contributed by atoms with van der Waals surface area (Å²) in [6.07, 6.45) is 1.82. The molecule has 3 aromatic heterocycles. The Bertz CT molecular complexity index is 1210. The second kappa shape index (κ2) is 7.72. The molecule has 0 saturated carbocycles. The van der Waals surface area contributed by atoms with E-state index in [0.29, 0.717) is 22.6 Å². The molecule has 0 aliphatic carbocycles. The number of nitrogens with zero attached hydrogens (tertiary/aromatic N) is 3. The Labute approximate surface area is 169 Å². The number of esters is 1. The Morgan fingerprint density at radius 3 is 2.90 bits per heavy atom. The van der Waals surface area contributed by atoms with Crippen molar-refractivity contribution in [3.05, 3.63) is 70.0 Å². The van der Waals surface area contributed by atoms with Crippen molar-refractivity contribution < 1.29 is 14.3 Å². The first-order valence-electron chi connectivity index (χ1n) is 8.70. The molecule has 4 rings (SSSR count). The first kappa shape index (κ1) is 18.6. The average molecular weight is 407 g/mol. The number of amides is 1. The van der Waals surface area contributed by atoms with Crippen LogP contribution in [0.2, 0.25) is 0 Å². The molecule has 0 atom stereocenters. The molecule has 0 bridgehead atoms. The van der Waals surface area contributed by atoms with Gasteiger partial charge in [0.1, 0.15) is 0 Å². The van der Waals surface area contributed by atoms with Gasteiger partial charge in [0.2, 0.25) is 5.95 Å². The Morgan fingerprint density at radius 1 is 1.21 bits per heavy atom. The molecule has 0 aliphatic rings. The maximum atomic E-state index is 12.5. The van der Waals surface area contributed by atoms with E-state index in [9.17, 15) is 9.59 Å². The van der Waals surface area contributed by atoms with Gasteiger partial charge < -0.3 is 15.8 Å². The number of methoxy groups -OCH3 is 1. The van der Waals surface area contributed by atoms with E-state index < -0.39 is 5.97 Å². The summed E-state index contributed by atoms with van der Waals surface area (Å²) in [4.78, 5) is 28.8. The number of carbonyl (C=O) groups excluding carboxylic acids is 2. The number of nitrogens with two attached hydrogens (primary N) is 1. The molecule has 29 heavy (non-hydrogen) atoms. The van der Waals surface area contributed by atoms with Gasteiger partial charge in [0, 0.05) is 18.3 Å². The third-order valence-electron chi connectivity index (χ3n) is 4.31. The summed E-state index contributed by atoms with van der Waals surface area (Å²) in [7, 11) is 1.33. The highest BCUT2D eigenvalue weighted by atomic mass is 32.1. The summed E-state index contributed by atoms with van der Waals surface area (Å²) in [6.45, 7) is 0.307. The number of anilines is 1. The van der Waals surface area contributed by atoms with Gasteiger partial charge in [0.05, 0.1) is 17.6 Å². The SMILES string of the molecule is COC(=O)c1cccc(CNC(=O)c2cc(-c3ccc4nc(N)nn4c3)cs2)c1. The number of carbonyl (C=O) groups is 2. The van der Waals surface area contributed by atoms with Gasteiger partial charge in [-0.05, 0) is 46.8 Å². The fraction of sp³-hybridized carbons (Fsp3) is 0.100. The number of nitrogens with one attached hydrogen (secondary N) is 1. The van der Waals surface area contributed by atoms with E-state index >= 15 is 0 Å². The minimum absolute atomic E-state index is 0.184. The number of aromatic nitrogens is 3. The van der Waals surface area contributed by atoms with Gasteiger partial charge in [-0.1, -0.05) is 12.1 Å². The lowest BCUT2D eigenvalue weighted by Crippen LogP contribution is -2.21. The number of rotatable bonds is 5. The lowest BCUT2D eigenvalue weighted by Gasteiger charge is -2.06. The highest BCUT2D eigenvalue weighted by Crippen LogP contribution is 2.26. The maximum Gasteiger partial charge on any atom is 0.337 e. The molecule has 0 radical (unpaired) electrons. The molecule has 1 amide bonds. The molecule has 0 spiro atoms. The summed E-state index contributed by atoms with van der Waals surface area (Å²) in [5, 5.41) is 8.89. The van der Waals surface area contributed by atoms with E-state index in [-0.39, 0.29) is 11.9 Å². The van der Waals surface area contributed by atoms with E-state index in [2.05, 4.69) is 15.4 Å². The van der Waals surface area contributed by atoms with Crippen LogP contribution in [0.3, 0.4) is 0 Å². The first-order valence-corrected chi connectivity index (χ1v) is 9.58. The van der Waals surface area contributed by atoms with E-state index in [0.717, 1.165) is 16.7 Å². The molecule has 0 aliphatic heterocycles. The summed E-state index contributed by atoms with van der Waals surface area (Å²) in [5.74, 6) is -0.383. The molecule has 4 aromatic rings. The molecule has 1 aromatic carbocycles. The molecule has 0 unspecified atom stereocenters. The largest absolute Gasteiger partial charge is 0.465 e. The Morgan fingerprint density at radius 2 is 2.07 bits per heavy atom. The summed E-state index contributed by atoms with van der Waals surface area (Å²) in [6, 6.07) is 12.5. The van der Waals surface area contributed by atoms with Crippen LogP contribution in [0, 0.1) is 0 Å². The Hall–Kier alpha value is -3.72. The number of benzene rings is 1. The molecule has 0 saturated heterocycles. The van der Waals surface area contributed by atoms with Crippen LogP contribution in [0.25, 0.3) is 16.8 Å². The Kier molecular flexibility index (Phi) is 4.96. The van der Waals surface area contributed by atoms with Gasteiger partial charge in [-0.3, -0.25) is 4.79 Å². The van der Waals surface area contributed by atoms with E-state index in [4.69, 9.17) is 10.5 Å². The lowest BCUT2D eigenvalue weighted by molar-refractivity contribution is 0.0600. The molecular formula is C20H17N5O3S. The van der Waals surface area contributed by atoms with Crippen LogP contribution in [0.5, 0.6) is 0 Å². The number of hydrogen-bond acceptors (Lipinski definition) is 7. The van der Waals surface area contributed by atoms with E-state index in [1.165, 1.54) is 18.4 Å². The van der Waals surface area contributed by atoms with Crippen molar-refractivity contribution in [1.29, 1.82) is 0 Å². The van der Waals surface area contributed by atoms with E-state index in [1.807, 2.05) is 35.8 Å². The number of fused-ring (bicyclic) bond motifs is 1. The van der Waals surface area contributed by atoms with Crippen LogP contribution in [-0.2, 0) is 11.3 Å². The normalized spacial score (nSPS) is 10.8. The predicted octanol–water partition coefficient (Wildman–Crippen LogP) is 2.76. The van der Waals surface area contributed by atoms with Gasteiger partial charge in [0.25, 0.3) is 5.91 Å². The molecule has 146 valence electrons. The monoisotopic (exact) mass is 407 g/mol. The lowest BCUT2D eigenvalue weighted by atomic mass is 10.1. The highest BCUT2D eigenvalue weighted by Gasteiger charge is 2.12. The van der Waals surface area contributed by atoms with E-state index in [1.54, 1.807) is 22.7 Å². The molecule has 0 fully saturated rings. The third kappa shape index (κ3) is 3.94. The molecule has 9 heteroatoms. The number of hydrogen-bond donors (Lipinski definition) is 2. The number of ether oxygens (including phenoxy) is 1. The van der Waals surface area contributed by atoms with Crippen LogP contribution < -0.4 is 11.1 Å². The minimum Gasteiger partial charge on any atom is -0.465 e. The topological polar surface area (TPSA) is 112 Å². The zero-order valence-electron chi connectivity index (χ0n) is 15.5. The van der Waals surface area contributed by atoms with Crippen LogP contribution >= 0.6 is 11.3 Å². The second-order valence-corrected chi connectivity index (χ2v) is 7.18. The van der Waals surface area contributed by atoms with Crippen molar-refractivity contribution >= 4 is 34.8 Å². The summed E-state index contributed by atoms with van der Waals surface area (Å²) < 4.78 is 6.32. The number of thiophene rings is 1. The van der Waals surface area contributed by atoms with Crippen molar-refractivity contribution in [2.75, 3.05) is 12.8 Å². The second-order valence-electron chi connectivity index (χ2n) is 6.26. The quantitative estimate of drug-likeness (QED) is 0.492. The predicted molar refractivity (Wildman–Crippen MR) is 110 cm³/mol. The fourth-order valence-corrected chi connectivity index (χ4v) is 3.71. The molecule has 3 N–H and O–H groups in total. The van der Waals surface area contributed by atoms with Crippen molar-refractivity contribution in [3.63, 3.8) is 0 Å². The molecule has 8 nitrogen and oxygen atoms in total. The summed E-state index contributed by atoms with van der Waals surface area (Å²) in [5.41, 5.74) is 9.35. The fourth-order valence-electron chi connectivity index (χ4n) is 2.87. The number of pyridine rings is 1. The highest BCUT2D eigenvalue weighted by molar-refractivity contribution is 7.12. The standard InChI is InChI=1S/C20H17N5O3S/c1-28-19(27)13-4-2-3-12(7-13)9-22-18(26)16-8-15(11-29-16)14-5-6-17-23-20(21)24-25(17)10-14/h2-8,10-11H,9H2,1H3,(H2,21,24)(H,22,26).